The number of rotatable bonds is 5. The van der Waals surface area contributed by atoms with Gasteiger partial charge in [0, 0.05) is 0 Å². The molecule has 6 nitrogen and oxygen atoms in total. The zero-order chi connectivity index (χ0) is 13.7. The van der Waals surface area contributed by atoms with Crippen LogP contribution in [0.1, 0.15) is 0 Å². The van der Waals surface area contributed by atoms with Crippen LogP contribution in [0.2, 0.25) is 0 Å². The van der Waals surface area contributed by atoms with Crippen LogP contribution in [0.3, 0.4) is 0 Å². The molecule has 1 aromatic carbocycles. The lowest BCUT2D eigenvalue weighted by atomic mass is 10.1. The Morgan fingerprint density at radius 1 is 1.42 bits per heavy atom. The first-order chi connectivity index (χ1) is 9.24. The number of amides is 1. The van der Waals surface area contributed by atoms with E-state index in [0.717, 1.165) is 0 Å². The smallest absolute Gasteiger partial charge is 0.271 e. The normalized spacial score (nSPS) is 10.0. The molecule has 1 aromatic heterocycles. The molecule has 6 heteroatoms. The molecule has 100 valence electrons. The SMILES string of the molecule is COc1ccc(OCC(=O)NN)c(-c2ccco2)c1. The van der Waals surface area contributed by atoms with Crippen molar-refractivity contribution < 1.29 is 18.7 Å². The molecular formula is C13H14N2O4. The van der Waals surface area contributed by atoms with Crippen LogP contribution in [-0.4, -0.2) is 19.6 Å². The van der Waals surface area contributed by atoms with Gasteiger partial charge in [-0.05, 0) is 30.3 Å². The maximum atomic E-state index is 11.1. The molecule has 2 aromatic rings. The number of hydrazine groups is 1. The second-order valence-electron chi connectivity index (χ2n) is 3.70. The first-order valence-electron chi connectivity index (χ1n) is 5.58. The average molecular weight is 262 g/mol. The van der Waals surface area contributed by atoms with E-state index in [4.69, 9.17) is 19.7 Å². The molecule has 0 unspecified atom stereocenters. The lowest BCUT2D eigenvalue weighted by Crippen LogP contribution is -2.34. The van der Waals surface area contributed by atoms with E-state index in [0.29, 0.717) is 22.8 Å². The number of hydrogen-bond donors (Lipinski definition) is 2. The van der Waals surface area contributed by atoms with Crippen LogP contribution in [-0.2, 0) is 4.79 Å². The van der Waals surface area contributed by atoms with E-state index in [1.165, 1.54) is 0 Å². The fraction of sp³-hybridized carbons (Fsp3) is 0.154. The Morgan fingerprint density at radius 3 is 2.89 bits per heavy atom. The summed E-state index contributed by atoms with van der Waals surface area (Å²) < 4.78 is 15.9. The highest BCUT2D eigenvalue weighted by molar-refractivity contribution is 5.77. The third-order valence-electron chi connectivity index (χ3n) is 2.49. The number of carbonyl (C=O) groups is 1. The molecular weight excluding hydrogens is 248 g/mol. The fourth-order valence-corrected chi connectivity index (χ4v) is 1.57. The summed E-state index contributed by atoms with van der Waals surface area (Å²) in [6, 6.07) is 8.78. The van der Waals surface area contributed by atoms with E-state index in [9.17, 15) is 4.79 Å². The van der Waals surface area contributed by atoms with Crippen molar-refractivity contribution in [3.05, 3.63) is 36.6 Å². The molecule has 0 radical (unpaired) electrons. The molecule has 19 heavy (non-hydrogen) atoms. The quantitative estimate of drug-likeness (QED) is 0.482. The number of nitrogens with two attached hydrogens (primary N) is 1. The van der Waals surface area contributed by atoms with E-state index in [-0.39, 0.29) is 6.61 Å². The summed E-state index contributed by atoms with van der Waals surface area (Å²) in [7, 11) is 1.57. The van der Waals surface area contributed by atoms with Gasteiger partial charge < -0.3 is 13.9 Å². The van der Waals surface area contributed by atoms with Gasteiger partial charge in [0.25, 0.3) is 5.91 Å². The molecule has 0 fully saturated rings. The Morgan fingerprint density at radius 2 is 2.26 bits per heavy atom. The maximum Gasteiger partial charge on any atom is 0.271 e. The van der Waals surface area contributed by atoms with Crippen LogP contribution < -0.4 is 20.7 Å². The molecule has 0 aliphatic rings. The van der Waals surface area contributed by atoms with Gasteiger partial charge in [0.2, 0.25) is 0 Å². The number of carbonyl (C=O) groups excluding carboxylic acids is 1. The monoisotopic (exact) mass is 262 g/mol. The van der Waals surface area contributed by atoms with Crippen molar-refractivity contribution in [3.8, 4) is 22.8 Å². The molecule has 1 amide bonds. The lowest BCUT2D eigenvalue weighted by Gasteiger charge is -2.11. The Kier molecular flexibility index (Phi) is 4.04. The van der Waals surface area contributed by atoms with Crippen molar-refractivity contribution >= 4 is 5.91 Å². The molecule has 1 heterocycles. The molecule has 0 bridgehead atoms. The van der Waals surface area contributed by atoms with Crippen LogP contribution in [0, 0.1) is 0 Å². The number of nitrogens with one attached hydrogen (secondary N) is 1. The summed E-state index contributed by atoms with van der Waals surface area (Å²) in [5.74, 6) is 6.39. The van der Waals surface area contributed by atoms with Crippen molar-refractivity contribution in [3.63, 3.8) is 0 Å². The largest absolute Gasteiger partial charge is 0.497 e. The Hall–Kier alpha value is -2.47. The highest BCUT2D eigenvalue weighted by atomic mass is 16.5. The Labute approximate surface area is 110 Å². The van der Waals surface area contributed by atoms with E-state index in [1.807, 2.05) is 5.43 Å². The van der Waals surface area contributed by atoms with E-state index in [1.54, 1.807) is 43.7 Å². The number of hydrogen-bond acceptors (Lipinski definition) is 5. The van der Waals surface area contributed by atoms with Gasteiger partial charge in [0.15, 0.2) is 6.61 Å². The third-order valence-corrected chi connectivity index (χ3v) is 2.49. The summed E-state index contributed by atoms with van der Waals surface area (Å²) in [6.45, 7) is -0.170. The van der Waals surface area contributed by atoms with Crippen LogP contribution in [0.4, 0.5) is 0 Å². The third kappa shape index (κ3) is 3.05. The van der Waals surface area contributed by atoms with Crippen LogP contribution in [0.25, 0.3) is 11.3 Å². The van der Waals surface area contributed by atoms with Crippen molar-refractivity contribution in [2.75, 3.05) is 13.7 Å². The lowest BCUT2D eigenvalue weighted by molar-refractivity contribution is -0.123. The van der Waals surface area contributed by atoms with Crippen molar-refractivity contribution in [2.24, 2.45) is 5.84 Å². The Bertz CT molecular complexity index is 552. The zero-order valence-corrected chi connectivity index (χ0v) is 10.4. The second-order valence-corrected chi connectivity index (χ2v) is 3.70. The van der Waals surface area contributed by atoms with Crippen molar-refractivity contribution in [1.29, 1.82) is 0 Å². The van der Waals surface area contributed by atoms with Gasteiger partial charge in [0.05, 0.1) is 18.9 Å². The summed E-state index contributed by atoms with van der Waals surface area (Å²) >= 11 is 0. The zero-order valence-electron chi connectivity index (χ0n) is 10.4. The van der Waals surface area contributed by atoms with E-state index < -0.39 is 5.91 Å². The molecule has 0 spiro atoms. The molecule has 0 atom stereocenters. The van der Waals surface area contributed by atoms with Gasteiger partial charge in [-0.1, -0.05) is 0 Å². The minimum Gasteiger partial charge on any atom is -0.497 e. The number of methoxy groups -OCH3 is 1. The minimum absolute atomic E-state index is 0.170. The van der Waals surface area contributed by atoms with Gasteiger partial charge >= 0.3 is 0 Å². The number of furan rings is 1. The predicted octanol–water partition coefficient (Wildman–Crippen LogP) is 1.32. The average Bonchev–Trinajstić information content (AvgIpc) is 2.98. The van der Waals surface area contributed by atoms with Gasteiger partial charge in [-0.15, -0.1) is 0 Å². The van der Waals surface area contributed by atoms with Gasteiger partial charge in [-0.25, -0.2) is 5.84 Å². The van der Waals surface area contributed by atoms with Crippen molar-refractivity contribution in [2.45, 2.75) is 0 Å². The van der Waals surface area contributed by atoms with E-state index in [2.05, 4.69) is 0 Å². The Balaban J connectivity index is 2.29. The summed E-state index contributed by atoms with van der Waals surface area (Å²) in [4.78, 5) is 11.1. The topological polar surface area (TPSA) is 86.7 Å². The fourth-order valence-electron chi connectivity index (χ4n) is 1.57. The summed E-state index contributed by atoms with van der Waals surface area (Å²) in [6.07, 6.45) is 1.56. The van der Waals surface area contributed by atoms with E-state index >= 15 is 0 Å². The minimum atomic E-state index is -0.416. The van der Waals surface area contributed by atoms with Crippen LogP contribution in [0.15, 0.2) is 41.0 Å². The molecule has 0 aliphatic carbocycles. The van der Waals surface area contributed by atoms with Crippen LogP contribution >= 0.6 is 0 Å². The summed E-state index contributed by atoms with van der Waals surface area (Å²) in [5.41, 5.74) is 2.70. The molecule has 0 saturated carbocycles. The molecule has 2 rings (SSSR count). The summed E-state index contributed by atoms with van der Waals surface area (Å²) in [5, 5.41) is 0. The highest BCUT2D eigenvalue weighted by Crippen LogP contribution is 2.33. The molecule has 3 N–H and O–H groups in total. The van der Waals surface area contributed by atoms with Gasteiger partial charge in [-0.2, -0.15) is 0 Å². The first-order valence-corrected chi connectivity index (χ1v) is 5.58. The first kappa shape index (κ1) is 13.0. The second kappa shape index (κ2) is 5.92. The maximum absolute atomic E-state index is 11.1. The van der Waals surface area contributed by atoms with Crippen LogP contribution in [0.5, 0.6) is 11.5 Å². The standard InChI is InChI=1S/C13H14N2O4/c1-17-9-4-5-12(19-8-13(16)15-14)10(7-9)11-3-2-6-18-11/h2-7H,8,14H2,1H3,(H,15,16). The predicted molar refractivity (Wildman–Crippen MR) is 68.5 cm³/mol. The van der Waals surface area contributed by atoms with Crippen molar-refractivity contribution in [1.82, 2.24) is 5.43 Å². The molecule has 0 saturated heterocycles. The highest BCUT2D eigenvalue weighted by Gasteiger charge is 2.12. The number of benzene rings is 1. The van der Waals surface area contributed by atoms with Gasteiger partial charge in [-0.3, -0.25) is 10.2 Å². The van der Waals surface area contributed by atoms with Gasteiger partial charge in [0.1, 0.15) is 17.3 Å². The molecule has 0 aliphatic heterocycles. The number of ether oxygens (including phenoxy) is 2.